The van der Waals surface area contributed by atoms with Crippen molar-refractivity contribution in [2.24, 2.45) is 0 Å². The van der Waals surface area contributed by atoms with Crippen LogP contribution in [0.2, 0.25) is 0 Å². The van der Waals surface area contributed by atoms with Crippen molar-refractivity contribution in [2.45, 2.75) is 0 Å². The molecule has 0 saturated carbocycles. The number of benzene rings is 3. The second-order valence-electron chi connectivity index (χ2n) is 8.43. The molecule has 2 aromatic heterocycles. The maximum Gasteiger partial charge on any atom is 0.150 e. The summed E-state index contributed by atoms with van der Waals surface area (Å²) in [5.74, 6) is 3.58. The van der Waals surface area contributed by atoms with Crippen LogP contribution in [-0.4, -0.2) is 46.5 Å². The standard InChI is InChI=1S/C28H27N5O2/c1-32(2)18-19-34-22-12-10-21(11-13-22)28-31-25(26-27(29)30-16-17-33(26)28)20-8-14-24(15-9-20)35-23-6-4-3-5-7-23/h3-17H,18-19H2,1-2H3,(H2,29,30). The number of nitrogens with two attached hydrogens (primary N) is 1. The number of nitrogens with zero attached hydrogens (tertiary/aromatic N) is 4. The molecule has 7 heteroatoms. The third kappa shape index (κ3) is 4.95. The fraction of sp³-hybridized carbons (Fsp3) is 0.143. The molecule has 0 saturated heterocycles. The van der Waals surface area contributed by atoms with E-state index in [1.807, 2.05) is 104 Å². The number of hydrogen-bond acceptors (Lipinski definition) is 6. The Morgan fingerprint density at radius 2 is 1.49 bits per heavy atom. The molecule has 0 spiro atoms. The predicted molar refractivity (Wildman–Crippen MR) is 139 cm³/mol. The number of ether oxygens (including phenoxy) is 2. The first-order valence-corrected chi connectivity index (χ1v) is 11.4. The number of hydrogen-bond donors (Lipinski definition) is 1. The van der Waals surface area contributed by atoms with Crippen molar-refractivity contribution in [2.75, 3.05) is 33.0 Å². The summed E-state index contributed by atoms with van der Waals surface area (Å²) in [6.45, 7) is 1.49. The van der Waals surface area contributed by atoms with Crippen molar-refractivity contribution in [1.29, 1.82) is 0 Å². The first-order chi connectivity index (χ1) is 17.1. The Morgan fingerprint density at radius 3 is 2.20 bits per heavy atom. The molecule has 176 valence electrons. The van der Waals surface area contributed by atoms with E-state index in [9.17, 15) is 0 Å². The van der Waals surface area contributed by atoms with Gasteiger partial charge in [-0.1, -0.05) is 18.2 Å². The molecule has 3 aromatic carbocycles. The fourth-order valence-corrected chi connectivity index (χ4v) is 3.82. The molecule has 0 radical (unpaired) electrons. The second-order valence-corrected chi connectivity index (χ2v) is 8.43. The minimum Gasteiger partial charge on any atom is -0.492 e. The Balaban J connectivity index is 1.45. The van der Waals surface area contributed by atoms with Crippen molar-refractivity contribution < 1.29 is 9.47 Å². The number of para-hydroxylation sites is 1. The number of anilines is 1. The summed E-state index contributed by atoms with van der Waals surface area (Å²) >= 11 is 0. The molecule has 0 atom stereocenters. The van der Waals surface area contributed by atoms with Gasteiger partial charge in [0.15, 0.2) is 0 Å². The molecule has 0 fully saturated rings. The van der Waals surface area contributed by atoms with Gasteiger partial charge in [-0.15, -0.1) is 0 Å². The lowest BCUT2D eigenvalue weighted by molar-refractivity contribution is 0.261. The minimum absolute atomic E-state index is 0.425. The number of imidazole rings is 1. The van der Waals surface area contributed by atoms with Crippen molar-refractivity contribution >= 4 is 11.3 Å². The zero-order chi connectivity index (χ0) is 24.2. The van der Waals surface area contributed by atoms with Gasteiger partial charge in [-0.2, -0.15) is 0 Å². The van der Waals surface area contributed by atoms with Gasteiger partial charge in [-0.3, -0.25) is 4.40 Å². The van der Waals surface area contributed by atoms with Gasteiger partial charge >= 0.3 is 0 Å². The van der Waals surface area contributed by atoms with Crippen molar-refractivity contribution in [3.63, 3.8) is 0 Å². The SMILES string of the molecule is CN(C)CCOc1ccc(-c2nc(-c3ccc(Oc4ccccc4)cc3)c3c(N)nccn23)cc1. The first-order valence-electron chi connectivity index (χ1n) is 11.4. The van der Waals surface area contributed by atoms with Crippen LogP contribution >= 0.6 is 0 Å². The lowest BCUT2D eigenvalue weighted by atomic mass is 10.1. The lowest BCUT2D eigenvalue weighted by Gasteiger charge is -2.11. The average molecular weight is 466 g/mol. The number of likely N-dealkylation sites (N-methyl/N-ethyl adjacent to an activating group) is 1. The maximum absolute atomic E-state index is 6.30. The third-order valence-corrected chi connectivity index (χ3v) is 5.61. The number of aromatic nitrogens is 3. The molecule has 2 heterocycles. The van der Waals surface area contributed by atoms with Gasteiger partial charge in [0.1, 0.15) is 46.7 Å². The van der Waals surface area contributed by atoms with Crippen LogP contribution in [0.3, 0.4) is 0 Å². The number of fused-ring (bicyclic) bond motifs is 1. The predicted octanol–water partition coefficient (Wildman–Crippen LogP) is 5.38. The van der Waals surface area contributed by atoms with E-state index in [1.54, 1.807) is 6.20 Å². The van der Waals surface area contributed by atoms with Gasteiger partial charge in [-0.05, 0) is 74.8 Å². The molecule has 7 nitrogen and oxygen atoms in total. The fourth-order valence-electron chi connectivity index (χ4n) is 3.82. The van der Waals surface area contributed by atoms with Crippen LogP contribution in [0.5, 0.6) is 17.2 Å². The zero-order valence-corrected chi connectivity index (χ0v) is 19.8. The van der Waals surface area contributed by atoms with Gasteiger partial charge in [0.05, 0.1) is 0 Å². The molecular weight excluding hydrogens is 438 g/mol. The van der Waals surface area contributed by atoms with Crippen LogP contribution in [-0.2, 0) is 0 Å². The van der Waals surface area contributed by atoms with E-state index in [2.05, 4.69) is 9.88 Å². The van der Waals surface area contributed by atoms with E-state index in [-0.39, 0.29) is 0 Å². The summed E-state index contributed by atoms with van der Waals surface area (Å²) in [6.07, 6.45) is 3.57. The highest BCUT2D eigenvalue weighted by molar-refractivity contribution is 5.88. The van der Waals surface area contributed by atoms with Crippen LogP contribution in [0.4, 0.5) is 5.82 Å². The van der Waals surface area contributed by atoms with E-state index in [0.29, 0.717) is 12.4 Å². The van der Waals surface area contributed by atoms with Crippen LogP contribution < -0.4 is 15.2 Å². The monoisotopic (exact) mass is 465 g/mol. The van der Waals surface area contributed by atoms with Gasteiger partial charge in [0.2, 0.25) is 0 Å². The Bertz CT molecular complexity index is 1410. The summed E-state index contributed by atoms with van der Waals surface area (Å²) in [5, 5.41) is 0. The molecule has 0 aliphatic carbocycles. The lowest BCUT2D eigenvalue weighted by Crippen LogP contribution is -2.19. The highest BCUT2D eigenvalue weighted by Gasteiger charge is 2.17. The zero-order valence-electron chi connectivity index (χ0n) is 19.8. The molecule has 2 N–H and O–H groups in total. The molecule has 35 heavy (non-hydrogen) atoms. The van der Waals surface area contributed by atoms with E-state index in [4.69, 9.17) is 20.2 Å². The molecule has 0 unspecified atom stereocenters. The molecule has 0 bridgehead atoms. The molecule has 0 aliphatic heterocycles. The topological polar surface area (TPSA) is 77.9 Å². The first kappa shape index (κ1) is 22.4. The molecular formula is C28H27N5O2. The smallest absolute Gasteiger partial charge is 0.150 e. The molecule has 5 rings (SSSR count). The van der Waals surface area contributed by atoms with E-state index in [0.717, 1.165) is 52.0 Å². The summed E-state index contributed by atoms with van der Waals surface area (Å²) in [5.41, 5.74) is 9.72. The number of nitrogen functional groups attached to an aromatic ring is 1. The highest BCUT2D eigenvalue weighted by Crippen LogP contribution is 2.33. The van der Waals surface area contributed by atoms with Crippen LogP contribution in [0.15, 0.2) is 91.3 Å². The van der Waals surface area contributed by atoms with Crippen LogP contribution in [0.1, 0.15) is 0 Å². The van der Waals surface area contributed by atoms with E-state index >= 15 is 0 Å². The van der Waals surface area contributed by atoms with Gasteiger partial charge in [0.25, 0.3) is 0 Å². The number of rotatable bonds is 8. The Morgan fingerprint density at radius 1 is 0.829 bits per heavy atom. The Hall–Kier alpha value is -4.36. The van der Waals surface area contributed by atoms with Gasteiger partial charge in [-0.25, -0.2) is 9.97 Å². The van der Waals surface area contributed by atoms with Gasteiger partial charge < -0.3 is 20.1 Å². The quantitative estimate of drug-likeness (QED) is 0.332. The average Bonchev–Trinajstić information content (AvgIpc) is 3.26. The van der Waals surface area contributed by atoms with Crippen molar-refractivity contribution in [3.8, 4) is 39.9 Å². The van der Waals surface area contributed by atoms with E-state index < -0.39 is 0 Å². The Labute approximate surface area is 204 Å². The van der Waals surface area contributed by atoms with Gasteiger partial charge in [0, 0.05) is 30.1 Å². The van der Waals surface area contributed by atoms with Crippen molar-refractivity contribution in [1.82, 2.24) is 19.3 Å². The van der Waals surface area contributed by atoms with Crippen LogP contribution in [0.25, 0.3) is 28.2 Å². The summed E-state index contributed by atoms with van der Waals surface area (Å²) in [6, 6.07) is 25.5. The largest absolute Gasteiger partial charge is 0.492 e. The third-order valence-electron chi connectivity index (χ3n) is 5.61. The maximum atomic E-state index is 6.30. The molecule has 5 aromatic rings. The van der Waals surface area contributed by atoms with Crippen LogP contribution in [0, 0.1) is 0 Å². The Kier molecular flexibility index (Phi) is 6.32. The summed E-state index contributed by atoms with van der Waals surface area (Å²) < 4.78 is 13.7. The summed E-state index contributed by atoms with van der Waals surface area (Å²) in [7, 11) is 4.05. The van der Waals surface area contributed by atoms with E-state index in [1.165, 1.54) is 0 Å². The molecule has 0 aliphatic rings. The highest BCUT2D eigenvalue weighted by atomic mass is 16.5. The normalized spacial score (nSPS) is 11.2. The molecule has 0 amide bonds. The summed E-state index contributed by atoms with van der Waals surface area (Å²) in [4.78, 5) is 11.4. The second kappa shape index (κ2) is 9.87. The van der Waals surface area contributed by atoms with Crippen molar-refractivity contribution in [3.05, 3.63) is 91.3 Å². The minimum atomic E-state index is 0.425.